The smallest absolute Gasteiger partial charge is 0.295 e. The van der Waals surface area contributed by atoms with E-state index in [1.807, 2.05) is 6.92 Å². The van der Waals surface area contributed by atoms with Crippen LogP contribution in [0.5, 0.6) is 0 Å². The third-order valence-electron chi connectivity index (χ3n) is 13.8. The quantitative estimate of drug-likeness (QED) is 0.126. The Hall–Kier alpha value is -7.04. The average Bonchev–Trinajstić information content (AvgIpc) is 3.97. The van der Waals surface area contributed by atoms with E-state index in [9.17, 15) is 9.59 Å². The van der Waals surface area contributed by atoms with E-state index in [-0.39, 0.29) is 82.7 Å². The standard InChI is InChI=1S/C52H48Cl2F2N10O4/c1-27-7-5-21-65(39(27)25-60-52-64-38-23-31(53)11-15-41(38)69-52)49(67)35-13-9-29(3)46(56)44(35)48-59-20-16-36(62-48)33-17-22-66(40(30(33)4)26-61-51-63-37-14-10-32(54)24-42(37)70-51)50(68)34-12-8-28(2)45(55)43(34)47-57-18-6-19-58-47/h6,8-16,18-20,23-24,27,30,33,39-40H,5,7,17,21-22,25-26H2,1-4H3,(H,60,64)(H,61,63). The van der Waals surface area contributed by atoms with Gasteiger partial charge in [-0.1, -0.05) is 49.2 Å². The van der Waals surface area contributed by atoms with Crippen molar-refractivity contribution in [3.05, 3.63) is 141 Å². The van der Waals surface area contributed by atoms with Crippen molar-refractivity contribution in [1.82, 2.24) is 39.7 Å². The molecule has 18 heteroatoms. The normalized spacial score (nSPS) is 19.5. The number of hydrogen-bond donors (Lipinski definition) is 2. The highest BCUT2D eigenvalue weighted by Gasteiger charge is 2.41. The molecule has 0 bridgehead atoms. The highest BCUT2D eigenvalue weighted by Crippen LogP contribution is 2.40. The zero-order chi connectivity index (χ0) is 48.8. The van der Waals surface area contributed by atoms with Crippen LogP contribution in [0.3, 0.4) is 0 Å². The maximum Gasteiger partial charge on any atom is 0.295 e. The molecule has 14 nitrogen and oxygen atoms in total. The van der Waals surface area contributed by atoms with Gasteiger partial charge in [0, 0.05) is 72.5 Å². The second-order valence-corrected chi connectivity index (χ2v) is 19.0. The summed E-state index contributed by atoms with van der Waals surface area (Å²) in [5.74, 6) is -2.23. The Morgan fingerprint density at radius 2 is 1.27 bits per heavy atom. The number of halogens is 4. The molecular formula is C52H48Cl2F2N10O4. The summed E-state index contributed by atoms with van der Waals surface area (Å²) in [5.41, 5.74) is 3.87. The van der Waals surface area contributed by atoms with Crippen molar-refractivity contribution < 1.29 is 27.2 Å². The lowest BCUT2D eigenvalue weighted by Crippen LogP contribution is -2.53. The van der Waals surface area contributed by atoms with Gasteiger partial charge in [0.2, 0.25) is 0 Å². The lowest BCUT2D eigenvalue weighted by atomic mass is 9.78. The fourth-order valence-corrected chi connectivity index (χ4v) is 10.3. The van der Waals surface area contributed by atoms with Gasteiger partial charge in [-0.05, 0) is 111 Å². The number of piperidine rings is 2. The van der Waals surface area contributed by atoms with Crippen molar-refractivity contribution in [1.29, 1.82) is 0 Å². The van der Waals surface area contributed by atoms with Gasteiger partial charge in [-0.2, -0.15) is 9.97 Å². The summed E-state index contributed by atoms with van der Waals surface area (Å²) in [6.45, 7) is 8.63. The van der Waals surface area contributed by atoms with Gasteiger partial charge in [0.05, 0.1) is 34.3 Å². The van der Waals surface area contributed by atoms with Gasteiger partial charge in [0.1, 0.15) is 22.7 Å². The van der Waals surface area contributed by atoms with E-state index in [2.05, 4.69) is 42.5 Å². The number of nitrogens with zero attached hydrogens (tertiary/aromatic N) is 8. The van der Waals surface area contributed by atoms with E-state index in [1.165, 1.54) is 12.4 Å². The fourth-order valence-electron chi connectivity index (χ4n) is 9.96. The number of aromatic nitrogens is 6. The molecule has 0 aliphatic carbocycles. The van der Waals surface area contributed by atoms with E-state index in [4.69, 9.17) is 37.0 Å². The van der Waals surface area contributed by atoms with Gasteiger partial charge < -0.3 is 29.3 Å². The fraction of sp³-hybridized carbons (Fsp3) is 0.308. The van der Waals surface area contributed by atoms with Crippen LogP contribution in [0.25, 0.3) is 45.0 Å². The van der Waals surface area contributed by atoms with Crippen molar-refractivity contribution in [2.75, 3.05) is 36.8 Å². The molecule has 2 aliphatic rings. The van der Waals surface area contributed by atoms with Crippen LogP contribution in [0.1, 0.15) is 76.6 Å². The molecule has 70 heavy (non-hydrogen) atoms. The maximum absolute atomic E-state index is 16.7. The van der Waals surface area contributed by atoms with E-state index in [0.717, 1.165) is 12.8 Å². The molecule has 2 aliphatic heterocycles. The predicted octanol–water partition coefficient (Wildman–Crippen LogP) is 11.2. The number of benzene rings is 4. The van der Waals surface area contributed by atoms with Gasteiger partial charge in [-0.25, -0.2) is 28.7 Å². The molecule has 0 radical (unpaired) electrons. The second kappa shape index (κ2) is 19.4. The number of hydrogen-bond acceptors (Lipinski definition) is 12. The Kier molecular flexibility index (Phi) is 12.9. The Labute approximate surface area is 411 Å². The van der Waals surface area contributed by atoms with Gasteiger partial charge in [-0.15, -0.1) is 0 Å². The molecule has 4 aromatic carbocycles. The zero-order valence-electron chi connectivity index (χ0n) is 38.7. The topological polar surface area (TPSA) is 168 Å². The molecule has 5 unspecified atom stereocenters. The first-order valence-electron chi connectivity index (χ1n) is 23.2. The highest BCUT2D eigenvalue weighted by molar-refractivity contribution is 6.31. The minimum atomic E-state index is -0.591. The first-order valence-corrected chi connectivity index (χ1v) is 24.0. The molecule has 2 fully saturated rings. The van der Waals surface area contributed by atoms with E-state index in [0.29, 0.717) is 74.6 Å². The summed E-state index contributed by atoms with van der Waals surface area (Å²) in [5, 5.41) is 7.63. The van der Waals surface area contributed by atoms with Gasteiger partial charge >= 0.3 is 0 Å². The zero-order valence-corrected chi connectivity index (χ0v) is 40.2. The number of fused-ring (bicyclic) bond motifs is 2. The number of oxazole rings is 2. The molecule has 6 heterocycles. The van der Waals surface area contributed by atoms with Crippen molar-refractivity contribution >= 4 is 69.2 Å². The Morgan fingerprint density at radius 3 is 1.99 bits per heavy atom. The van der Waals surface area contributed by atoms with E-state index in [1.54, 1.807) is 103 Å². The molecule has 4 aromatic heterocycles. The van der Waals surface area contributed by atoms with Crippen molar-refractivity contribution in [2.45, 2.75) is 65.0 Å². The largest absolute Gasteiger partial charge is 0.424 e. The molecule has 5 atom stereocenters. The molecule has 2 amide bonds. The van der Waals surface area contributed by atoms with Gasteiger partial charge in [-0.3, -0.25) is 9.59 Å². The van der Waals surface area contributed by atoms with Crippen LogP contribution < -0.4 is 10.6 Å². The summed E-state index contributed by atoms with van der Waals surface area (Å²) in [7, 11) is 0. The van der Waals surface area contributed by atoms with Crippen molar-refractivity contribution in [3.63, 3.8) is 0 Å². The third kappa shape index (κ3) is 9.01. The molecule has 0 spiro atoms. The van der Waals surface area contributed by atoms with Crippen LogP contribution in [0.4, 0.5) is 20.8 Å². The number of rotatable bonds is 11. The molecule has 10 rings (SSSR count). The van der Waals surface area contributed by atoms with Gasteiger partial charge in [0.25, 0.3) is 23.8 Å². The predicted molar refractivity (Wildman–Crippen MR) is 264 cm³/mol. The third-order valence-corrected chi connectivity index (χ3v) is 14.3. The summed E-state index contributed by atoms with van der Waals surface area (Å²) in [6.07, 6.45) is 6.71. The Balaban J connectivity index is 0.961. The van der Waals surface area contributed by atoms with E-state index < -0.39 is 23.6 Å². The molecule has 2 saturated heterocycles. The lowest BCUT2D eigenvalue weighted by molar-refractivity contribution is 0.0492. The molecule has 2 N–H and O–H groups in total. The lowest BCUT2D eigenvalue weighted by Gasteiger charge is -2.44. The summed E-state index contributed by atoms with van der Waals surface area (Å²) in [4.78, 5) is 60.7. The molecule has 8 aromatic rings. The number of anilines is 2. The van der Waals surface area contributed by atoms with Crippen LogP contribution in [-0.4, -0.2) is 89.8 Å². The number of amides is 2. The Morgan fingerprint density at radius 1 is 0.671 bits per heavy atom. The second-order valence-electron chi connectivity index (χ2n) is 18.1. The number of aryl methyl sites for hydroxylation is 2. The summed E-state index contributed by atoms with van der Waals surface area (Å²) >= 11 is 12.4. The van der Waals surface area contributed by atoms with Crippen LogP contribution in [0, 0.1) is 37.3 Å². The first kappa shape index (κ1) is 46.7. The number of carbonyl (C=O) groups excluding carboxylic acids is 2. The van der Waals surface area contributed by atoms with Crippen LogP contribution in [0.2, 0.25) is 10.0 Å². The minimum absolute atomic E-state index is 0.0132. The first-order chi connectivity index (χ1) is 33.8. The number of nitrogens with one attached hydrogen (secondary N) is 2. The summed E-state index contributed by atoms with van der Waals surface area (Å²) < 4.78 is 44.7. The highest BCUT2D eigenvalue weighted by atomic mass is 35.5. The monoisotopic (exact) mass is 984 g/mol. The maximum atomic E-state index is 16.7. The molecule has 0 saturated carbocycles. The van der Waals surface area contributed by atoms with E-state index >= 15 is 8.78 Å². The summed E-state index contributed by atoms with van der Waals surface area (Å²) in [6, 6.07) is 20.0. The number of likely N-dealkylation sites (tertiary alicyclic amines) is 2. The van der Waals surface area contributed by atoms with Crippen molar-refractivity contribution in [3.8, 4) is 22.8 Å². The molecular weight excluding hydrogens is 938 g/mol. The average molecular weight is 986 g/mol. The SMILES string of the molecule is Cc1ccc(C(=O)N2CCCC(C)C2CNc2nc3cc(Cl)ccc3o2)c(-c2nccc(C3CCN(C(=O)c4ccc(C)c(F)c4-c4ncccn4)C(CNc4nc5ccc(Cl)cc5o4)C3C)n2)c1F. The van der Waals surface area contributed by atoms with Crippen LogP contribution >= 0.6 is 23.2 Å². The van der Waals surface area contributed by atoms with Crippen LogP contribution in [0.15, 0.2) is 100 Å². The van der Waals surface area contributed by atoms with Crippen molar-refractivity contribution in [2.24, 2.45) is 11.8 Å². The Bertz CT molecular complexity index is 3280. The minimum Gasteiger partial charge on any atom is -0.424 e. The van der Waals surface area contributed by atoms with Crippen LogP contribution in [-0.2, 0) is 0 Å². The van der Waals surface area contributed by atoms with Gasteiger partial charge in [0.15, 0.2) is 22.8 Å². The molecule has 358 valence electrons. The number of carbonyl (C=O) groups is 2.